The topological polar surface area (TPSA) is 91.0 Å². The van der Waals surface area contributed by atoms with Crippen molar-refractivity contribution < 1.29 is 22.7 Å². The SMILES string of the molecule is Cc1ccn(CCCCn2cc(C(=O)NCc3cccc(OC(F)(F)F)c3)nn2)c(=O)c1. The Morgan fingerprint density at radius 2 is 1.94 bits per heavy atom. The molecule has 0 fully saturated rings. The summed E-state index contributed by atoms with van der Waals surface area (Å²) in [6, 6.07) is 8.82. The van der Waals surface area contributed by atoms with Gasteiger partial charge in [-0.15, -0.1) is 18.3 Å². The highest BCUT2D eigenvalue weighted by atomic mass is 19.4. The Morgan fingerprint density at radius 1 is 1.16 bits per heavy atom. The van der Waals surface area contributed by atoms with E-state index in [0.29, 0.717) is 18.7 Å². The number of halogens is 3. The number of carbonyl (C=O) groups is 1. The van der Waals surface area contributed by atoms with Gasteiger partial charge in [-0.1, -0.05) is 17.3 Å². The van der Waals surface area contributed by atoms with Crippen molar-refractivity contribution in [2.45, 2.75) is 45.8 Å². The quantitative estimate of drug-likeness (QED) is 0.507. The van der Waals surface area contributed by atoms with Crippen LogP contribution in [0.15, 0.2) is 53.6 Å². The molecule has 0 saturated heterocycles. The summed E-state index contributed by atoms with van der Waals surface area (Å²) in [6.45, 7) is 2.98. The van der Waals surface area contributed by atoms with E-state index in [1.165, 1.54) is 29.1 Å². The van der Waals surface area contributed by atoms with Gasteiger partial charge >= 0.3 is 6.36 Å². The Hall–Kier alpha value is -3.63. The van der Waals surface area contributed by atoms with Crippen LogP contribution < -0.4 is 15.6 Å². The normalized spacial score (nSPS) is 11.4. The van der Waals surface area contributed by atoms with Crippen LogP contribution >= 0.6 is 0 Å². The predicted octanol–water partition coefficient (Wildman–Crippen LogP) is 3.06. The van der Waals surface area contributed by atoms with Gasteiger partial charge in [-0.25, -0.2) is 0 Å². The number of pyridine rings is 1. The van der Waals surface area contributed by atoms with Crippen LogP contribution in [-0.2, 0) is 19.6 Å². The molecule has 3 rings (SSSR count). The van der Waals surface area contributed by atoms with Gasteiger partial charge in [0.1, 0.15) is 5.75 Å². The largest absolute Gasteiger partial charge is 0.573 e. The second-order valence-electron chi connectivity index (χ2n) is 7.19. The van der Waals surface area contributed by atoms with E-state index < -0.39 is 12.3 Å². The molecule has 0 radical (unpaired) electrons. The minimum Gasteiger partial charge on any atom is -0.406 e. The van der Waals surface area contributed by atoms with E-state index in [1.54, 1.807) is 22.9 Å². The van der Waals surface area contributed by atoms with Gasteiger partial charge in [0.2, 0.25) is 0 Å². The zero-order valence-electron chi connectivity index (χ0n) is 17.3. The van der Waals surface area contributed by atoms with Crippen LogP contribution in [-0.4, -0.2) is 31.8 Å². The Labute approximate surface area is 181 Å². The zero-order valence-corrected chi connectivity index (χ0v) is 17.3. The minimum atomic E-state index is -4.78. The minimum absolute atomic E-state index is 0.00600. The molecule has 1 N–H and O–H groups in total. The van der Waals surface area contributed by atoms with Gasteiger partial charge in [0, 0.05) is 31.9 Å². The second kappa shape index (κ2) is 10.1. The number of unbranched alkanes of at least 4 members (excludes halogenated alkanes) is 1. The van der Waals surface area contributed by atoms with Crippen LogP contribution in [0.5, 0.6) is 5.75 Å². The Bertz CT molecular complexity index is 1120. The number of aryl methyl sites for hydroxylation is 3. The number of carbonyl (C=O) groups excluding carboxylic acids is 1. The third-order valence-electron chi connectivity index (χ3n) is 4.54. The molecule has 1 amide bonds. The summed E-state index contributed by atoms with van der Waals surface area (Å²) in [5.41, 5.74) is 1.42. The number of hydrogen-bond donors (Lipinski definition) is 1. The average molecular weight is 449 g/mol. The number of aromatic nitrogens is 4. The Kier molecular flexibility index (Phi) is 7.29. The van der Waals surface area contributed by atoms with E-state index >= 15 is 0 Å². The molecule has 0 unspecified atom stereocenters. The lowest BCUT2D eigenvalue weighted by Crippen LogP contribution is -2.23. The van der Waals surface area contributed by atoms with Gasteiger partial charge in [-0.05, 0) is 49.1 Å². The molecule has 0 bridgehead atoms. The summed E-state index contributed by atoms with van der Waals surface area (Å²) in [6.07, 6.45) is -0.0367. The van der Waals surface area contributed by atoms with Crippen molar-refractivity contribution in [3.63, 3.8) is 0 Å². The molecule has 3 aromatic rings. The van der Waals surface area contributed by atoms with Crippen molar-refractivity contribution in [3.05, 3.63) is 76.0 Å². The average Bonchev–Trinajstić information content (AvgIpc) is 3.19. The fraction of sp³-hybridized carbons (Fsp3) is 0.333. The van der Waals surface area contributed by atoms with E-state index in [1.807, 2.05) is 13.0 Å². The highest BCUT2D eigenvalue weighted by Gasteiger charge is 2.31. The molecular weight excluding hydrogens is 427 g/mol. The molecule has 0 atom stereocenters. The molecule has 1 aromatic carbocycles. The molecule has 0 spiro atoms. The molecule has 170 valence electrons. The molecular formula is C21H22F3N5O3. The first-order valence-corrected chi connectivity index (χ1v) is 9.90. The maximum Gasteiger partial charge on any atom is 0.573 e. The molecule has 0 aliphatic carbocycles. The summed E-state index contributed by atoms with van der Waals surface area (Å²) < 4.78 is 44.0. The zero-order chi connectivity index (χ0) is 23.1. The van der Waals surface area contributed by atoms with Gasteiger partial charge in [-0.3, -0.25) is 14.3 Å². The fourth-order valence-electron chi connectivity index (χ4n) is 2.98. The van der Waals surface area contributed by atoms with Crippen LogP contribution in [0, 0.1) is 6.92 Å². The van der Waals surface area contributed by atoms with Crippen molar-refractivity contribution in [1.82, 2.24) is 24.9 Å². The van der Waals surface area contributed by atoms with Gasteiger partial charge < -0.3 is 14.6 Å². The lowest BCUT2D eigenvalue weighted by molar-refractivity contribution is -0.274. The fourth-order valence-corrected chi connectivity index (χ4v) is 2.98. The number of nitrogens with zero attached hydrogens (tertiary/aromatic N) is 4. The van der Waals surface area contributed by atoms with Gasteiger partial charge in [0.15, 0.2) is 5.69 Å². The van der Waals surface area contributed by atoms with Crippen LogP contribution in [0.3, 0.4) is 0 Å². The maximum atomic E-state index is 12.3. The first-order chi connectivity index (χ1) is 15.2. The number of benzene rings is 1. The lowest BCUT2D eigenvalue weighted by Gasteiger charge is -2.10. The van der Waals surface area contributed by atoms with Crippen LogP contribution in [0.25, 0.3) is 0 Å². The number of ether oxygens (including phenoxy) is 1. The second-order valence-corrected chi connectivity index (χ2v) is 7.19. The summed E-state index contributed by atoms with van der Waals surface area (Å²) in [4.78, 5) is 24.1. The van der Waals surface area contributed by atoms with Crippen molar-refractivity contribution in [3.8, 4) is 5.75 Å². The summed E-state index contributed by atoms with van der Waals surface area (Å²) in [7, 11) is 0. The van der Waals surface area contributed by atoms with E-state index in [2.05, 4.69) is 20.4 Å². The summed E-state index contributed by atoms with van der Waals surface area (Å²) in [5.74, 6) is -0.854. The highest BCUT2D eigenvalue weighted by molar-refractivity contribution is 5.91. The molecule has 0 saturated carbocycles. The van der Waals surface area contributed by atoms with E-state index in [4.69, 9.17) is 0 Å². The number of alkyl halides is 3. The van der Waals surface area contributed by atoms with Crippen LogP contribution in [0.2, 0.25) is 0 Å². The molecule has 2 heterocycles. The number of nitrogens with one attached hydrogen (secondary N) is 1. The molecule has 2 aromatic heterocycles. The number of amides is 1. The monoisotopic (exact) mass is 449 g/mol. The molecule has 8 nitrogen and oxygen atoms in total. The van der Waals surface area contributed by atoms with E-state index in [-0.39, 0.29) is 23.5 Å². The van der Waals surface area contributed by atoms with Gasteiger partial charge in [0.05, 0.1) is 6.20 Å². The van der Waals surface area contributed by atoms with Gasteiger partial charge in [-0.2, -0.15) is 0 Å². The van der Waals surface area contributed by atoms with E-state index in [0.717, 1.165) is 18.4 Å². The van der Waals surface area contributed by atoms with Crippen molar-refractivity contribution in [1.29, 1.82) is 0 Å². The first-order valence-electron chi connectivity index (χ1n) is 9.90. The Morgan fingerprint density at radius 3 is 2.69 bits per heavy atom. The van der Waals surface area contributed by atoms with Crippen LogP contribution in [0.1, 0.15) is 34.5 Å². The molecule has 32 heavy (non-hydrogen) atoms. The lowest BCUT2D eigenvalue weighted by atomic mass is 10.2. The smallest absolute Gasteiger partial charge is 0.406 e. The summed E-state index contributed by atoms with van der Waals surface area (Å²) in [5, 5.41) is 10.3. The van der Waals surface area contributed by atoms with Crippen molar-refractivity contribution in [2.75, 3.05) is 0 Å². The standard InChI is InChI=1S/C21H22F3N5O3/c1-15-7-10-28(19(30)11-15)8-2-3-9-29-14-18(26-27-29)20(31)25-13-16-5-4-6-17(12-16)32-21(22,23)24/h4-7,10-12,14H,2-3,8-9,13H2,1H3,(H,25,31). The molecule has 0 aliphatic heterocycles. The summed E-state index contributed by atoms with van der Waals surface area (Å²) >= 11 is 0. The predicted molar refractivity (Wildman–Crippen MR) is 109 cm³/mol. The van der Waals surface area contributed by atoms with Crippen molar-refractivity contribution in [2.24, 2.45) is 0 Å². The third kappa shape index (κ3) is 6.96. The third-order valence-corrected chi connectivity index (χ3v) is 4.54. The number of hydrogen-bond acceptors (Lipinski definition) is 5. The maximum absolute atomic E-state index is 12.3. The van der Waals surface area contributed by atoms with Crippen LogP contribution in [0.4, 0.5) is 13.2 Å². The molecule has 0 aliphatic rings. The molecule has 11 heteroatoms. The van der Waals surface area contributed by atoms with Crippen molar-refractivity contribution >= 4 is 5.91 Å². The van der Waals surface area contributed by atoms with Gasteiger partial charge in [0.25, 0.3) is 11.5 Å². The first kappa shape index (κ1) is 23.0. The number of rotatable bonds is 9. The van der Waals surface area contributed by atoms with E-state index in [9.17, 15) is 22.8 Å². The Balaban J connectivity index is 1.45. The highest BCUT2D eigenvalue weighted by Crippen LogP contribution is 2.23.